The van der Waals surface area contributed by atoms with E-state index < -0.39 is 4.92 Å². The van der Waals surface area contributed by atoms with Crippen LogP contribution < -0.4 is 10.1 Å². The number of nitrogens with zero attached hydrogens (tertiary/aromatic N) is 2. The summed E-state index contributed by atoms with van der Waals surface area (Å²) >= 11 is 3.35. The maximum atomic E-state index is 12.0. The summed E-state index contributed by atoms with van der Waals surface area (Å²) in [7, 11) is 1.78. The van der Waals surface area contributed by atoms with Gasteiger partial charge in [0.25, 0.3) is 5.69 Å². The van der Waals surface area contributed by atoms with Crippen molar-refractivity contribution >= 4 is 33.2 Å². The zero-order valence-electron chi connectivity index (χ0n) is 13.6. The zero-order chi connectivity index (χ0) is 18.2. The molecule has 0 radical (unpaired) electrons. The van der Waals surface area contributed by atoms with E-state index in [1.54, 1.807) is 24.1 Å². The van der Waals surface area contributed by atoms with Gasteiger partial charge in [0.15, 0.2) is 0 Å². The van der Waals surface area contributed by atoms with E-state index in [0.717, 1.165) is 10.2 Å². The van der Waals surface area contributed by atoms with E-state index >= 15 is 0 Å². The van der Waals surface area contributed by atoms with Crippen molar-refractivity contribution in [3.8, 4) is 5.75 Å². The van der Waals surface area contributed by atoms with Crippen LogP contribution in [0.15, 0.2) is 53.0 Å². The number of nitro benzene ring substituents is 1. The van der Waals surface area contributed by atoms with Gasteiger partial charge >= 0.3 is 0 Å². The van der Waals surface area contributed by atoms with Gasteiger partial charge in [0.2, 0.25) is 5.91 Å². The van der Waals surface area contributed by atoms with Crippen LogP contribution in [0.25, 0.3) is 0 Å². The maximum absolute atomic E-state index is 12.0. The van der Waals surface area contributed by atoms with Crippen molar-refractivity contribution in [2.24, 2.45) is 0 Å². The Bertz CT molecular complexity index is 737. The minimum absolute atomic E-state index is 0.107. The number of carbonyl (C=O) groups excluding carboxylic acids is 1. The standard InChI is InChI=1S/C17H18BrN3O4/c1-20(10-11-25-14-8-6-13(18)7-9-14)12-17(22)19-15-4-2-3-5-16(15)21(23)24/h2-9H,10-12H2,1H3,(H,19,22). The number of halogens is 1. The highest BCUT2D eigenvalue weighted by Gasteiger charge is 2.15. The molecule has 0 unspecified atom stereocenters. The summed E-state index contributed by atoms with van der Waals surface area (Å²) in [5.74, 6) is 0.432. The van der Waals surface area contributed by atoms with Crippen molar-refractivity contribution in [3.63, 3.8) is 0 Å². The van der Waals surface area contributed by atoms with E-state index in [9.17, 15) is 14.9 Å². The molecular weight excluding hydrogens is 390 g/mol. The summed E-state index contributed by atoms with van der Waals surface area (Å²) < 4.78 is 6.57. The van der Waals surface area contributed by atoms with Crippen LogP contribution in [0.2, 0.25) is 0 Å². The molecule has 0 atom stereocenters. The van der Waals surface area contributed by atoms with Gasteiger partial charge in [-0.15, -0.1) is 0 Å². The lowest BCUT2D eigenvalue weighted by molar-refractivity contribution is -0.383. The molecule has 2 aromatic carbocycles. The average Bonchev–Trinajstić information content (AvgIpc) is 2.57. The van der Waals surface area contributed by atoms with Crippen LogP contribution >= 0.6 is 15.9 Å². The molecule has 7 nitrogen and oxygen atoms in total. The van der Waals surface area contributed by atoms with E-state index in [4.69, 9.17) is 4.74 Å². The number of ether oxygens (including phenoxy) is 1. The molecule has 0 aliphatic carbocycles. The van der Waals surface area contributed by atoms with Gasteiger partial charge in [-0.05, 0) is 37.4 Å². The number of benzene rings is 2. The number of hydrogen-bond donors (Lipinski definition) is 1. The molecule has 0 aliphatic rings. The number of amides is 1. The van der Waals surface area contributed by atoms with Gasteiger partial charge in [0, 0.05) is 17.1 Å². The van der Waals surface area contributed by atoms with Crippen molar-refractivity contribution in [1.82, 2.24) is 4.90 Å². The van der Waals surface area contributed by atoms with Crippen molar-refractivity contribution in [2.45, 2.75) is 0 Å². The Kier molecular flexibility index (Phi) is 6.91. The summed E-state index contributed by atoms with van der Waals surface area (Å²) in [5, 5.41) is 13.5. The Balaban J connectivity index is 1.78. The van der Waals surface area contributed by atoms with Gasteiger partial charge in [-0.2, -0.15) is 0 Å². The van der Waals surface area contributed by atoms with Crippen molar-refractivity contribution < 1.29 is 14.5 Å². The van der Waals surface area contributed by atoms with Crippen LogP contribution in [0, 0.1) is 10.1 Å². The second-order valence-electron chi connectivity index (χ2n) is 5.36. The molecule has 0 saturated carbocycles. The summed E-state index contributed by atoms with van der Waals surface area (Å²) in [6.45, 7) is 1.08. The molecule has 0 saturated heterocycles. The lowest BCUT2D eigenvalue weighted by Crippen LogP contribution is -2.33. The number of nitrogens with one attached hydrogen (secondary N) is 1. The first kappa shape index (κ1) is 18.9. The van der Waals surface area contributed by atoms with Gasteiger partial charge in [-0.1, -0.05) is 28.1 Å². The highest BCUT2D eigenvalue weighted by molar-refractivity contribution is 9.10. The van der Waals surface area contributed by atoms with Gasteiger partial charge in [0.1, 0.15) is 18.0 Å². The van der Waals surface area contributed by atoms with Gasteiger partial charge in [0.05, 0.1) is 11.5 Å². The molecule has 0 aliphatic heterocycles. The van der Waals surface area contributed by atoms with Crippen LogP contribution in [0.1, 0.15) is 0 Å². The number of nitro groups is 1. The molecule has 1 N–H and O–H groups in total. The molecule has 8 heteroatoms. The fourth-order valence-electron chi connectivity index (χ4n) is 2.10. The topological polar surface area (TPSA) is 84.7 Å². The number of carbonyl (C=O) groups is 1. The highest BCUT2D eigenvalue weighted by Crippen LogP contribution is 2.23. The largest absolute Gasteiger partial charge is 0.492 e. The molecule has 1 amide bonds. The van der Waals surface area contributed by atoms with Crippen molar-refractivity contribution in [3.05, 3.63) is 63.1 Å². The normalized spacial score (nSPS) is 10.5. The molecule has 0 heterocycles. The number of para-hydroxylation sites is 2. The van der Waals surface area contributed by atoms with Crippen molar-refractivity contribution in [2.75, 3.05) is 32.1 Å². The predicted molar refractivity (Wildman–Crippen MR) is 98.9 cm³/mol. The van der Waals surface area contributed by atoms with E-state index in [2.05, 4.69) is 21.2 Å². The third-order valence-corrected chi connectivity index (χ3v) is 3.87. The SMILES string of the molecule is CN(CCOc1ccc(Br)cc1)CC(=O)Nc1ccccc1[N+](=O)[O-]. The van der Waals surface area contributed by atoms with E-state index in [-0.39, 0.29) is 23.8 Å². The number of likely N-dealkylation sites (N-methyl/N-ethyl adjacent to an activating group) is 1. The van der Waals surface area contributed by atoms with Crippen molar-refractivity contribution in [1.29, 1.82) is 0 Å². The lowest BCUT2D eigenvalue weighted by Gasteiger charge is -2.16. The number of rotatable bonds is 8. The fraction of sp³-hybridized carbons (Fsp3) is 0.235. The number of anilines is 1. The Morgan fingerprint density at radius 2 is 1.92 bits per heavy atom. The quantitative estimate of drug-likeness (QED) is 0.535. The predicted octanol–water partition coefficient (Wildman–Crippen LogP) is 3.31. The van der Waals surface area contributed by atoms with Crippen LogP contribution in [0.5, 0.6) is 5.75 Å². The third-order valence-electron chi connectivity index (χ3n) is 3.34. The van der Waals surface area contributed by atoms with Gasteiger partial charge in [-0.3, -0.25) is 19.8 Å². The first-order chi connectivity index (χ1) is 12.0. The monoisotopic (exact) mass is 407 g/mol. The minimum Gasteiger partial charge on any atom is -0.492 e. The summed E-state index contributed by atoms with van der Waals surface area (Å²) in [4.78, 5) is 24.3. The second kappa shape index (κ2) is 9.14. The second-order valence-corrected chi connectivity index (χ2v) is 6.28. The molecule has 0 fully saturated rings. The Hall–Kier alpha value is -2.45. The fourth-order valence-corrected chi connectivity index (χ4v) is 2.37. The van der Waals surface area contributed by atoms with Gasteiger partial charge in [-0.25, -0.2) is 0 Å². The molecule has 0 spiro atoms. The Labute approximate surface area is 153 Å². The van der Waals surface area contributed by atoms with Gasteiger partial charge < -0.3 is 10.1 Å². The maximum Gasteiger partial charge on any atom is 0.292 e. The first-order valence-electron chi connectivity index (χ1n) is 7.56. The Morgan fingerprint density at radius 3 is 2.60 bits per heavy atom. The van der Waals surface area contributed by atoms with E-state index in [1.807, 2.05) is 24.3 Å². The molecule has 0 bridgehead atoms. The lowest BCUT2D eigenvalue weighted by atomic mass is 10.2. The molecular formula is C17H18BrN3O4. The summed E-state index contributed by atoms with van der Waals surface area (Å²) in [6.07, 6.45) is 0. The highest BCUT2D eigenvalue weighted by atomic mass is 79.9. The zero-order valence-corrected chi connectivity index (χ0v) is 15.2. The molecule has 25 heavy (non-hydrogen) atoms. The summed E-state index contributed by atoms with van der Waals surface area (Å²) in [5.41, 5.74) is 0.0640. The van der Waals surface area contributed by atoms with E-state index in [1.165, 1.54) is 12.1 Å². The van der Waals surface area contributed by atoms with Crippen LogP contribution in [-0.2, 0) is 4.79 Å². The summed E-state index contributed by atoms with van der Waals surface area (Å²) in [6, 6.07) is 13.5. The smallest absolute Gasteiger partial charge is 0.292 e. The minimum atomic E-state index is -0.522. The first-order valence-corrected chi connectivity index (χ1v) is 8.35. The van der Waals surface area contributed by atoms with Crippen LogP contribution in [0.3, 0.4) is 0 Å². The molecule has 132 valence electrons. The molecule has 2 rings (SSSR count). The number of hydrogen-bond acceptors (Lipinski definition) is 5. The molecule has 0 aromatic heterocycles. The Morgan fingerprint density at radius 1 is 1.24 bits per heavy atom. The van der Waals surface area contributed by atoms with Crippen LogP contribution in [-0.4, -0.2) is 42.5 Å². The molecule has 2 aromatic rings. The average molecular weight is 408 g/mol. The third kappa shape index (κ3) is 6.17. The van der Waals surface area contributed by atoms with Crippen LogP contribution in [0.4, 0.5) is 11.4 Å². The van der Waals surface area contributed by atoms with E-state index in [0.29, 0.717) is 13.2 Å².